The van der Waals surface area contributed by atoms with Crippen molar-refractivity contribution in [1.82, 2.24) is 9.55 Å². The fraction of sp³-hybridized carbons (Fsp3) is 0.231. The number of aryl methyl sites for hydroxylation is 2. The summed E-state index contributed by atoms with van der Waals surface area (Å²) in [7, 11) is -3.39. The molecule has 98 valence electrons. The zero-order valence-electron chi connectivity index (χ0n) is 10.4. The first-order valence-electron chi connectivity index (χ1n) is 5.73. The van der Waals surface area contributed by atoms with Crippen molar-refractivity contribution in [3.05, 3.63) is 48.0 Å². The van der Waals surface area contributed by atoms with Crippen molar-refractivity contribution in [1.29, 1.82) is 5.26 Å². The summed E-state index contributed by atoms with van der Waals surface area (Å²) in [6.07, 6.45) is 3.38. The quantitative estimate of drug-likeness (QED) is 0.848. The largest absolute Gasteiger partial charge is 0.334 e. The molecule has 1 aromatic heterocycles. The maximum Gasteiger partial charge on any atom is 0.180 e. The third kappa shape index (κ3) is 3.01. The van der Waals surface area contributed by atoms with Gasteiger partial charge in [-0.2, -0.15) is 5.26 Å². The molecule has 0 unspecified atom stereocenters. The Morgan fingerprint density at radius 3 is 2.84 bits per heavy atom. The predicted octanol–water partition coefficient (Wildman–Crippen LogP) is 1.54. The molecule has 5 nitrogen and oxygen atoms in total. The molecule has 1 aromatic carbocycles. The van der Waals surface area contributed by atoms with Crippen LogP contribution in [0, 0.1) is 18.3 Å². The van der Waals surface area contributed by atoms with Gasteiger partial charge in [-0.15, -0.1) is 0 Å². The highest BCUT2D eigenvalue weighted by Gasteiger charge is 2.15. The lowest BCUT2D eigenvalue weighted by atomic mass is 10.2. The van der Waals surface area contributed by atoms with Crippen LogP contribution < -0.4 is 0 Å². The number of sulfone groups is 1. The molecule has 0 saturated heterocycles. The Morgan fingerprint density at radius 2 is 2.21 bits per heavy atom. The van der Waals surface area contributed by atoms with Gasteiger partial charge in [0.05, 0.1) is 22.3 Å². The normalized spacial score (nSPS) is 11.2. The fourth-order valence-electron chi connectivity index (χ4n) is 1.74. The average Bonchev–Trinajstić information content (AvgIpc) is 2.82. The van der Waals surface area contributed by atoms with Gasteiger partial charge in [-0.25, -0.2) is 13.4 Å². The molecular weight excluding hydrogens is 262 g/mol. The van der Waals surface area contributed by atoms with Crippen molar-refractivity contribution < 1.29 is 8.42 Å². The van der Waals surface area contributed by atoms with Crippen LogP contribution in [0.5, 0.6) is 0 Å². The van der Waals surface area contributed by atoms with Crippen LogP contribution in [0.15, 0.2) is 41.6 Å². The Hall–Kier alpha value is -2.13. The standard InChI is InChI=1S/C13H13N3O2S/c1-11-15-5-6-16(11)7-8-19(17,18)13-4-2-3-12(9-13)10-14/h2-6,9H,7-8H2,1H3. The second kappa shape index (κ2) is 5.24. The molecule has 0 fully saturated rings. The van der Waals surface area contributed by atoms with Crippen LogP contribution in [0.4, 0.5) is 0 Å². The molecule has 0 N–H and O–H groups in total. The molecular formula is C13H13N3O2S. The van der Waals surface area contributed by atoms with Crippen LogP contribution in [-0.4, -0.2) is 23.7 Å². The van der Waals surface area contributed by atoms with Gasteiger partial charge < -0.3 is 4.57 Å². The molecule has 0 aliphatic carbocycles. The number of hydrogen-bond acceptors (Lipinski definition) is 4. The Bertz CT molecular complexity index is 726. The lowest BCUT2D eigenvalue weighted by Crippen LogP contribution is -2.13. The number of rotatable bonds is 4. The Kier molecular flexibility index (Phi) is 3.67. The van der Waals surface area contributed by atoms with Gasteiger partial charge in [0.2, 0.25) is 0 Å². The van der Waals surface area contributed by atoms with E-state index in [4.69, 9.17) is 5.26 Å². The summed E-state index contributed by atoms with van der Waals surface area (Å²) in [4.78, 5) is 4.23. The molecule has 6 heteroatoms. The molecule has 0 radical (unpaired) electrons. The van der Waals surface area contributed by atoms with E-state index >= 15 is 0 Å². The van der Waals surface area contributed by atoms with Crippen molar-refractivity contribution in [2.45, 2.75) is 18.4 Å². The van der Waals surface area contributed by atoms with Crippen molar-refractivity contribution in [3.8, 4) is 6.07 Å². The van der Waals surface area contributed by atoms with E-state index in [1.54, 1.807) is 29.1 Å². The second-order valence-electron chi connectivity index (χ2n) is 4.13. The van der Waals surface area contributed by atoms with E-state index in [0.717, 1.165) is 5.82 Å². The number of hydrogen-bond donors (Lipinski definition) is 0. The van der Waals surface area contributed by atoms with Crippen LogP contribution in [0.1, 0.15) is 11.4 Å². The van der Waals surface area contributed by atoms with Crippen molar-refractivity contribution in [2.24, 2.45) is 0 Å². The summed E-state index contributed by atoms with van der Waals surface area (Å²) >= 11 is 0. The van der Waals surface area contributed by atoms with Gasteiger partial charge in [0.15, 0.2) is 9.84 Å². The Balaban J connectivity index is 2.19. The molecule has 0 aliphatic heterocycles. The predicted molar refractivity (Wildman–Crippen MR) is 70.2 cm³/mol. The van der Waals surface area contributed by atoms with Crippen LogP contribution in [0.3, 0.4) is 0 Å². The molecule has 19 heavy (non-hydrogen) atoms. The minimum atomic E-state index is -3.39. The lowest BCUT2D eigenvalue weighted by Gasteiger charge is -2.07. The number of imidazole rings is 1. The molecule has 2 rings (SSSR count). The van der Waals surface area contributed by atoms with E-state index in [1.807, 2.05) is 13.0 Å². The molecule has 0 spiro atoms. The summed E-state index contributed by atoms with van der Waals surface area (Å²) < 4.78 is 26.1. The van der Waals surface area contributed by atoms with Gasteiger partial charge in [-0.1, -0.05) is 6.07 Å². The van der Waals surface area contributed by atoms with E-state index in [0.29, 0.717) is 12.1 Å². The Labute approximate surface area is 112 Å². The van der Waals surface area contributed by atoms with E-state index < -0.39 is 9.84 Å². The smallest absolute Gasteiger partial charge is 0.180 e. The topological polar surface area (TPSA) is 75.8 Å². The SMILES string of the molecule is Cc1nccn1CCS(=O)(=O)c1cccc(C#N)c1. The monoisotopic (exact) mass is 275 g/mol. The van der Waals surface area contributed by atoms with Crippen LogP contribution in [-0.2, 0) is 16.4 Å². The van der Waals surface area contributed by atoms with Crippen molar-refractivity contribution >= 4 is 9.84 Å². The highest BCUT2D eigenvalue weighted by molar-refractivity contribution is 7.91. The van der Waals surface area contributed by atoms with Gasteiger partial charge >= 0.3 is 0 Å². The number of nitrogens with zero attached hydrogens (tertiary/aromatic N) is 3. The lowest BCUT2D eigenvalue weighted by molar-refractivity contribution is 0.587. The minimum absolute atomic E-state index is 0.0148. The third-order valence-corrected chi connectivity index (χ3v) is 4.54. The zero-order chi connectivity index (χ0) is 13.9. The van der Waals surface area contributed by atoms with E-state index in [-0.39, 0.29) is 10.6 Å². The van der Waals surface area contributed by atoms with Crippen LogP contribution in [0.25, 0.3) is 0 Å². The molecule has 0 saturated carbocycles. The molecule has 2 aromatic rings. The molecule has 0 bridgehead atoms. The molecule has 1 heterocycles. The Morgan fingerprint density at radius 1 is 1.42 bits per heavy atom. The van der Waals surface area contributed by atoms with Crippen molar-refractivity contribution in [3.63, 3.8) is 0 Å². The van der Waals surface area contributed by atoms with Gasteiger partial charge in [0, 0.05) is 18.9 Å². The summed E-state index contributed by atoms with van der Waals surface area (Å²) in [5.74, 6) is 0.764. The summed E-state index contributed by atoms with van der Waals surface area (Å²) in [6.45, 7) is 2.17. The maximum absolute atomic E-state index is 12.2. The van der Waals surface area contributed by atoms with E-state index in [9.17, 15) is 8.42 Å². The summed E-state index contributed by atoms with van der Waals surface area (Å²) in [5, 5.41) is 8.79. The summed E-state index contributed by atoms with van der Waals surface area (Å²) in [5.41, 5.74) is 0.347. The van der Waals surface area contributed by atoms with E-state index in [2.05, 4.69) is 4.98 Å². The number of aromatic nitrogens is 2. The van der Waals surface area contributed by atoms with Gasteiger partial charge in [0.1, 0.15) is 5.82 Å². The highest BCUT2D eigenvalue weighted by Crippen LogP contribution is 2.13. The number of nitriles is 1. The minimum Gasteiger partial charge on any atom is -0.334 e. The zero-order valence-corrected chi connectivity index (χ0v) is 11.3. The maximum atomic E-state index is 12.2. The molecule has 0 atom stereocenters. The van der Waals surface area contributed by atoms with Crippen molar-refractivity contribution in [2.75, 3.05) is 5.75 Å². The second-order valence-corrected chi connectivity index (χ2v) is 6.24. The van der Waals surface area contributed by atoms with Crippen LogP contribution in [0.2, 0.25) is 0 Å². The highest BCUT2D eigenvalue weighted by atomic mass is 32.2. The van der Waals surface area contributed by atoms with Gasteiger partial charge in [0.25, 0.3) is 0 Å². The van der Waals surface area contributed by atoms with Gasteiger partial charge in [-0.05, 0) is 25.1 Å². The van der Waals surface area contributed by atoms with Crippen LogP contribution >= 0.6 is 0 Å². The summed E-state index contributed by atoms with van der Waals surface area (Å²) in [6, 6.07) is 8.01. The molecule has 0 aliphatic rings. The van der Waals surface area contributed by atoms with Gasteiger partial charge in [-0.3, -0.25) is 0 Å². The van der Waals surface area contributed by atoms with E-state index in [1.165, 1.54) is 12.1 Å². The average molecular weight is 275 g/mol. The third-order valence-electron chi connectivity index (χ3n) is 2.85. The first kappa shape index (κ1) is 13.3. The first-order valence-corrected chi connectivity index (χ1v) is 7.39. The first-order chi connectivity index (χ1) is 9.03. The number of benzene rings is 1. The molecule has 0 amide bonds. The fourth-order valence-corrected chi connectivity index (χ4v) is 3.00.